The highest BCUT2D eigenvalue weighted by Crippen LogP contribution is 2.41. The summed E-state index contributed by atoms with van der Waals surface area (Å²) in [7, 11) is 0. The van der Waals surface area contributed by atoms with Crippen LogP contribution in [0.4, 0.5) is 5.00 Å². The molecule has 0 aliphatic carbocycles. The van der Waals surface area contributed by atoms with Crippen LogP contribution in [0.2, 0.25) is 0 Å². The lowest BCUT2D eigenvalue weighted by atomic mass is 10.0. The summed E-state index contributed by atoms with van der Waals surface area (Å²) in [6, 6.07) is 14.9. The molecular weight excluding hydrogens is 398 g/mol. The third kappa shape index (κ3) is 4.71. The number of aryl methyl sites for hydroxylation is 2. The van der Waals surface area contributed by atoms with E-state index in [9.17, 15) is 9.59 Å². The highest BCUT2D eigenvalue weighted by molar-refractivity contribution is 7.17. The van der Waals surface area contributed by atoms with Gasteiger partial charge in [-0.05, 0) is 57.5 Å². The van der Waals surface area contributed by atoms with Crippen LogP contribution < -0.4 is 10.1 Å². The molecule has 0 aliphatic heterocycles. The zero-order valence-corrected chi connectivity index (χ0v) is 18.4. The zero-order chi connectivity index (χ0) is 21.7. The number of hydrogen-bond acceptors (Lipinski definition) is 5. The Labute approximate surface area is 180 Å². The van der Waals surface area contributed by atoms with Gasteiger partial charge >= 0.3 is 5.97 Å². The Balaban J connectivity index is 2.01. The van der Waals surface area contributed by atoms with Crippen molar-refractivity contribution < 1.29 is 19.1 Å². The van der Waals surface area contributed by atoms with Crippen LogP contribution in [-0.2, 0) is 4.74 Å². The average molecular weight is 424 g/mol. The van der Waals surface area contributed by atoms with E-state index >= 15 is 0 Å². The fourth-order valence-electron chi connectivity index (χ4n) is 3.14. The Kier molecular flexibility index (Phi) is 6.90. The molecule has 3 aromatic rings. The molecule has 0 bridgehead atoms. The molecule has 0 atom stereocenters. The molecule has 2 aromatic carbocycles. The predicted octanol–water partition coefficient (Wildman–Crippen LogP) is 5.86. The first-order valence-corrected chi connectivity index (χ1v) is 10.7. The van der Waals surface area contributed by atoms with Gasteiger partial charge in [0.25, 0.3) is 5.91 Å². The van der Waals surface area contributed by atoms with Gasteiger partial charge in [0.2, 0.25) is 0 Å². The third-order valence-electron chi connectivity index (χ3n) is 4.56. The van der Waals surface area contributed by atoms with Gasteiger partial charge < -0.3 is 14.8 Å². The number of nitrogens with one attached hydrogen (secondary N) is 1. The molecular formula is C24H25NO4S. The Morgan fingerprint density at radius 1 is 0.933 bits per heavy atom. The summed E-state index contributed by atoms with van der Waals surface area (Å²) in [4.78, 5) is 26.5. The summed E-state index contributed by atoms with van der Waals surface area (Å²) in [5.74, 6) is 0.0460. The number of esters is 1. The zero-order valence-electron chi connectivity index (χ0n) is 17.6. The number of hydrogen-bond donors (Lipinski definition) is 1. The smallest absolute Gasteiger partial charge is 0.341 e. The fourth-order valence-corrected chi connectivity index (χ4v) is 4.20. The second kappa shape index (κ2) is 9.59. The van der Waals surface area contributed by atoms with Crippen LogP contribution in [0, 0.1) is 13.8 Å². The molecule has 1 N–H and O–H groups in total. The maximum Gasteiger partial charge on any atom is 0.341 e. The Hall–Kier alpha value is -3.12. The van der Waals surface area contributed by atoms with Crippen molar-refractivity contribution >= 4 is 28.2 Å². The van der Waals surface area contributed by atoms with Crippen molar-refractivity contribution in [2.24, 2.45) is 0 Å². The minimum atomic E-state index is -0.454. The van der Waals surface area contributed by atoms with Crippen molar-refractivity contribution in [3.8, 4) is 16.9 Å². The highest BCUT2D eigenvalue weighted by Gasteiger charge is 2.25. The molecule has 0 unspecified atom stereocenters. The van der Waals surface area contributed by atoms with Crippen molar-refractivity contribution in [2.45, 2.75) is 27.7 Å². The number of carbonyl (C=O) groups excluding carboxylic acids is 2. The topological polar surface area (TPSA) is 64.6 Å². The second-order valence-corrected chi connectivity index (χ2v) is 7.96. The van der Waals surface area contributed by atoms with E-state index in [1.54, 1.807) is 19.1 Å². The van der Waals surface area contributed by atoms with E-state index < -0.39 is 5.97 Å². The second-order valence-electron chi connectivity index (χ2n) is 6.74. The lowest BCUT2D eigenvalue weighted by Gasteiger charge is -2.10. The molecule has 6 heteroatoms. The molecule has 3 rings (SSSR count). The molecule has 1 amide bonds. The van der Waals surface area contributed by atoms with Gasteiger partial charge in [0.15, 0.2) is 0 Å². The molecule has 5 nitrogen and oxygen atoms in total. The maximum absolute atomic E-state index is 12.8. The first-order valence-electron chi connectivity index (χ1n) is 9.86. The number of ether oxygens (including phenoxy) is 2. The van der Waals surface area contributed by atoms with Crippen LogP contribution in [0.5, 0.6) is 5.75 Å². The minimum absolute atomic E-state index is 0.252. The van der Waals surface area contributed by atoms with Crippen LogP contribution in [0.3, 0.4) is 0 Å². The van der Waals surface area contributed by atoms with Crippen LogP contribution >= 0.6 is 11.3 Å². The van der Waals surface area contributed by atoms with Gasteiger partial charge in [-0.2, -0.15) is 0 Å². The van der Waals surface area contributed by atoms with E-state index in [1.165, 1.54) is 11.3 Å². The molecule has 0 saturated carbocycles. The number of amides is 1. The van der Waals surface area contributed by atoms with Gasteiger partial charge in [-0.1, -0.05) is 29.8 Å². The minimum Gasteiger partial charge on any atom is -0.494 e. The first-order chi connectivity index (χ1) is 14.4. The molecule has 30 heavy (non-hydrogen) atoms. The van der Waals surface area contributed by atoms with E-state index in [-0.39, 0.29) is 12.5 Å². The Morgan fingerprint density at radius 3 is 2.20 bits per heavy atom. The van der Waals surface area contributed by atoms with E-state index in [2.05, 4.69) is 5.32 Å². The summed E-state index contributed by atoms with van der Waals surface area (Å²) in [5, 5.41) is 3.39. The Bertz CT molecular complexity index is 1040. The largest absolute Gasteiger partial charge is 0.494 e. The molecule has 0 saturated heterocycles. The van der Waals surface area contributed by atoms with Gasteiger partial charge in [0, 0.05) is 16.0 Å². The van der Waals surface area contributed by atoms with Crippen molar-refractivity contribution in [3.63, 3.8) is 0 Å². The molecule has 0 fully saturated rings. The van der Waals surface area contributed by atoms with E-state index in [4.69, 9.17) is 9.47 Å². The lowest BCUT2D eigenvalue weighted by molar-refractivity contribution is 0.0529. The SMILES string of the molecule is CCOC(=O)c1c(NC(=O)c2ccc(C)cc2)sc(C)c1-c1ccc(OCC)cc1. The van der Waals surface area contributed by atoms with E-state index in [0.717, 1.165) is 27.3 Å². The van der Waals surface area contributed by atoms with Gasteiger partial charge in [0.05, 0.1) is 13.2 Å². The summed E-state index contributed by atoms with van der Waals surface area (Å²) in [6.07, 6.45) is 0. The highest BCUT2D eigenvalue weighted by atomic mass is 32.1. The van der Waals surface area contributed by atoms with Crippen molar-refractivity contribution in [2.75, 3.05) is 18.5 Å². The lowest BCUT2D eigenvalue weighted by Crippen LogP contribution is -2.14. The number of carbonyl (C=O) groups is 2. The summed E-state index contributed by atoms with van der Waals surface area (Å²) in [6.45, 7) is 8.42. The quantitative estimate of drug-likeness (QED) is 0.484. The van der Waals surface area contributed by atoms with Crippen molar-refractivity contribution in [1.82, 2.24) is 0 Å². The van der Waals surface area contributed by atoms with Crippen LogP contribution in [0.25, 0.3) is 11.1 Å². The summed E-state index contributed by atoms with van der Waals surface area (Å²) in [5.41, 5.74) is 3.61. The summed E-state index contributed by atoms with van der Waals surface area (Å²) >= 11 is 1.37. The van der Waals surface area contributed by atoms with Crippen molar-refractivity contribution in [3.05, 3.63) is 70.1 Å². The first kappa shape index (κ1) is 21.6. The van der Waals surface area contributed by atoms with Crippen LogP contribution in [-0.4, -0.2) is 25.1 Å². The number of rotatable bonds is 7. The number of benzene rings is 2. The molecule has 0 aliphatic rings. The number of thiophene rings is 1. The van der Waals surface area contributed by atoms with Crippen LogP contribution in [0.1, 0.15) is 45.0 Å². The van der Waals surface area contributed by atoms with Crippen LogP contribution in [0.15, 0.2) is 48.5 Å². The molecule has 1 aromatic heterocycles. The molecule has 0 radical (unpaired) electrons. The van der Waals surface area contributed by atoms with Gasteiger partial charge in [-0.3, -0.25) is 4.79 Å². The maximum atomic E-state index is 12.8. The summed E-state index contributed by atoms with van der Waals surface area (Å²) < 4.78 is 10.8. The average Bonchev–Trinajstić information content (AvgIpc) is 3.05. The molecule has 0 spiro atoms. The molecule has 156 valence electrons. The number of anilines is 1. The van der Waals surface area contributed by atoms with E-state index in [1.807, 2.05) is 57.2 Å². The third-order valence-corrected chi connectivity index (χ3v) is 5.58. The Morgan fingerprint density at radius 2 is 1.60 bits per heavy atom. The van der Waals surface area contributed by atoms with Crippen molar-refractivity contribution in [1.29, 1.82) is 0 Å². The molecule has 1 heterocycles. The van der Waals surface area contributed by atoms with E-state index in [0.29, 0.717) is 22.7 Å². The monoisotopic (exact) mass is 423 g/mol. The predicted molar refractivity (Wildman–Crippen MR) is 121 cm³/mol. The van der Waals surface area contributed by atoms with Gasteiger partial charge in [-0.15, -0.1) is 11.3 Å². The normalized spacial score (nSPS) is 10.5. The van der Waals surface area contributed by atoms with Gasteiger partial charge in [-0.25, -0.2) is 4.79 Å². The standard InChI is InChI=1S/C24H25NO4S/c1-5-28-19-13-11-17(12-14-19)20-16(4)30-23(21(20)24(27)29-6-2)25-22(26)18-9-7-15(3)8-10-18/h7-14H,5-6H2,1-4H3,(H,25,26). The van der Waals surface area contributed by atoms with Gasteiger partial charge in [0.1, 0.15) is 16.3 Å². The fraction of sp³-hybridized carbons (Fsp3) is 0.250.